The molecule has 2 aliphatic rings. The molecule has 1 atom stereocenters. The van der Waals surface area contributed by atoms with E-state index in [1.807, 2.05) is 0 Å². The zero-order valence-corrected chi connectivity index (χ0v) is 9.48. The first-order valence-electron chi connectivity index (χ1n) is 5.46. The number of nitrogens with zero attached hydrogens (tertiary/aromatic N) is 1. The van der Waals surface area contributed by atoms with Crippen molar-refractivity contribution < 1.29 is 4.74 Å². The number of morpholine rings is 1. The highest BCUT2D eigenvalue weighted by Crippen LogP contribution is 2.20. The fourth-order valence-corrected chi connectivity index (χ4v) is 2.15. The Hall–Kier alpha value is -0.350. The van der Waals surface area contributed by atoms with Crippen LogP contribution in [-0.4, -0.2) is 41.9 Å². The predicted octanol–water partition coefficient (Wildman–Crippen LogP) is 1.13. The molecule has 1 N–H and O–H groups in total. The van der Waals surface area contributed by atoms with E-state index < -0.39 is 0 Å². The Morgan fingerprint density at radius 2 is 2.36 bits per heavy atom. The maximum absolute atomic E-state index is 5.44. The summed E-state index contributed by atoms with van der Waals surface area (Å²) in [5, 5.41) is 4.32. The van der Waals surface area contributed by atoms with Crippen LogP contribution in [0.15, 0.2) is 0 Å². The average molecular weight is 214 g/mol. The van der Waals surface area contributed by atoms with Crippen molar-refractivity contribution >= 4 is 17.3 Å². The van der Waals surface area contributed by atoms with Crippen LogP contribution in [0.5, 0.6) is 0 Å². The third kappa shape index (κ3) is 2.36. The van der Waals surface area contributed by atoms with Gasteiger partial charge in [-0.1, -0.05) is 6.92 Å². The Balaban J connectivity index is 1.87. The number of nitrogens with one attached hydrogen (secondary N) is 1. The molecule has 1 saturated carbocycles. The fraction of sp³-hybridized carbons (Fsp3) is 0.900. The van der Waals surface area contributed by atoms with Crippen LogP contribution in [0.3, 0.4) is 0 Å². The predicted molar refractivity (Wildman–Crippen MR) is 60.4 cm³/mol. The van der Waals surface area contributed by atoms with Crippen molar-refractivity contribution in [1.82, 2.24) is 10.2 Å². The molecule has 0 aromatic rings. The molecule has 0 spiro atoms. The summed E-state index contributed by atoms with van der Waals surface area (Å²) >= 11 is 5.39. The Morgan fingerprint density at radius 3 is 3.00 bits per heavy atom. The molecule has 0 amide bonds. The lowest BCUT2D eigenvalue weighted by Gasteiger charge is -2.37. The molecular formula is C10H18N2OS. The molecule has 0 aromatic carbocycles. The zero-order valence-electron chi connectivity index (χ0n) is 8.66. The Morgan fingerprint density at radius 1 is 1.57 bits per heavy atom. The van der Waals surface area contributed by atoms with E-state index in [2.05, 4.69) is 17.1 Å². The molecule has 4 heteroatoms. The molecule has 3 nitrogen and oxygen atoms in total. The Bertz CT molecular complexity index is 218. The summed E-state index contributed by atoms with van der Waals surface area (Å²) in [7, 11) is 0. The van der Waals surface area contributed by atoms with E-state index in [0.29, 0.717) is 12.1 Å². The molecule has 0 aromatic heterocycles. The highest BCUT2D eigenvalue weighted by atomic mass is 32.1. The third-order valence-electron chi connectivity index (χ3n) is 2.86. The number of ether oxygens (including phenoxy) is 1. The van der Waals surface area contributed by atoms with Gasteiger partial charge in [0.15, 0.2) is 5.11 Å². The van der Waals surface area contributed by atoms with Crippen LogP contribution in [0.25, 0.3) is 0 Å². The van der Waals surface area contributed by atoms with Crippen LogP contribution in [0, 0.1) is 0 Å². The van der Waals surface area contributed by atoms with E-state index in [1.165, 1.54) is 12.8 Å². The SMILES string of the molecule is CCC1COCCN1C(=S)NC1CC1. The van der Waals surface area contributed by atoms with Gasteiger partial charge in [0.05, 0.1) is 19.3 Å². The van der Waals surface area contributed by atoms with Crippen molar-refractivity contribution in [2.24, 2.45) is 0 Å². The van der Waals surface area contributed by atoms with Crippen LogP contribution in [0.1, 0.15) is 26.2 Å². The number of rotatable bonds is 2. The Labute approximate surface area is 90.8 Å². The van der Waals surface area contributed by atoms with E-state index in [9.17, 15) is 0 Å². The van der Waals surface area contributed by atoms with Gasteiger partial charge in [0.25, 0.3) is 0 Å². The van der Waals surface area contributed by atoms with E-state index in [-0.39, 0.29) is 0 Å². The normalized spacial score (nSPS) is 27.5. The summed E-state index contributed by atoms with van der Waals surface area (Å²) in [6, 6.07) is 1.13. The summed E-state index contributed by atoms with van der Waals surface area (Å²) in [5.74, 6) is 0. The van der Waals surface area contributed by atoms with E-state index in [1.54, 1.807) is 0 Å². The maximum Gasteiger partial charge on any atom is 0.169 e. The molecule has 1 aliphatic carbocycles. The molecule has 14 heavy (non-hydrogen) atoms. The van der Waals surface area contributed by atoms with Gasteiger partial charge >= 0.3 is 0 Å². The second-order valence-electron chi connectivity index (χ2n) is 4.05. The van der Waals surface area contributed by atoms with Gasteiger partial charge in [-0.2, -0.15) is 0 Å². The van der Waals surface area contributed by atoms with Crippen molar-refractivity contribution in [3.05, 3.63) is 0 Å². The number of thiocarbonyl (C=S) groups is 1. The monoisotopic (exact) mass is 214 g/mol. The highest BCUT2D eigenvalue weighted by Gasteiger charge is 2.28. The first-order valence-corrected chi connectivity index (χ1v) is 5.87. The molecule has 1 saturated heterocycles. The van der Waals surface area contributed by atoms with Crippen LogP contribution in [0.2, 0.25) is 0 Å². The van der Waals surface area contributed by atoms with Gasteiger partial charge in [-0.05, 0) is 31.5 Å². The van der Waals surface area contributed by atoms with E-state index in [0.717, 1.165) is 31.3 Å². The summed E-state index contributed by atoms with van der Waals surface area (Å²) in [5.41, 5.74) is 0. The summed E-state index contributed by atoms with van der Waals surface area (Å²) in [4.78, 5) is 2.29. The molecule has 2 rings (SSSR count). The van der Waals surface area contributed by atoms with Crippen molar-refractivity contribution in [3.8, 4) is 0 Å². The molecule has 1 unspecified atom stereocenters. The number of hydrogen-bond acceptors (Lipinski definition) is 2. The van der Waals surface area contributed by atoms with Gasteiger partial charge in [0.1, 0.15) is 0 Å². The van der Waals surface area contributed by atoms with Gasteiger partial charge in [0.2, 0.25) is 0 Å². The quantitative estimate of drug-likeness (QED) is 0.697. The van der Waals surface area contributed by atoms with Crippen molar-refractivity contribution in [1.29, 1.82) is 0 Å². The lowest BCUT2D eigenvalue weighted by Crippen LogP contribution is -2.52. The summed E-state index contributed by atoms with van der Waals surface area (Å²) in [6.45, 7) is 4.76. The molecule has 1 heterocycles. The second kappa shape index (κ2) is 4.45. The highest BCUT2D eigenvalue weighted by molar-refractivity contribution is 7.80. The minimum Gasteiger partial charge on any atom is -0.377 e. The Kier molecular flexibility index (Phi) is 3.23. The van der Waals surface area contributed by atoms with Gasteiger partial charge in [-0.25, -0.2) is 0 Å². The fourth-order valence-electron chi connectivity index (χ4n) is 1.75. The van der Waals surface area contributed by atoms with E-state index in [4.69, 9.17) is 17.0 Å². The van der Waals surface area contributed by atoms with Crippen LogP contribution >= 0.6 is 12.2 Å². The van der Waals surface area contributed by atoms with Crippen molar-refractivity contribution in [2.45, 2.75) is 38.3 Å². The molecule has 0 bridgehead atoms. The minimum absolute atomic E-state index is 0.475. The molecule has 0 radical (unpaired) electrons. The van der Waals surface area contributed by atoms with Crippen LogP contribution in [-0.2, 0) is 4.74 Å². The molecular weight excluding hydrogens is 196 g/mol. The number of hydrogen-bond donors (Lipinski definition) is 1. The largest absolute Gasteiger partial charge is 0.377 e. The van der Waals surface area contributed by atoms with Crippen LogP contribution < -0.4 is 5.32 Å². The first kappa shape index (κ1) is 10.2. The molecule has 1 aliphatic heterocycles. The first-order chi connectivity index (χ1) is 6.81. The lowest BCUT2D eigenvalue weighted by molar-refractivity contribution is 0.0248. The second-order valence-corrected chi connectivity index (χ2v) is 4.44. The van der Waals surface area contributed by atoms with E-state index >= 15 is 0 Å². The molecule has 80 valence electrons. The topological polar surface area (TPSA) is 24.5 Å². The smallest absolute Gasteiger partial charge is 0.169 e. The summed E-state index contributed by atoms with van der Waals surface area (Å²) < 4.78 is 5.44. The molecule has 2 fully saturated rings. The van der Waals surface area contributed by atoms with Gasteiger partial charge < -0.3 is 15.0 Å². The zero-order chi connectivity index (χ0) is 9.97. The maximum atomic E-state index is 5.44. The van der Waals surface area contributed by atoms with Crippen molar-refractivity contribution in [2.75, 3.05) is 19.8 Å². The minimum atomic E-state index is 0.475. The van der Waals surface area contributed by atoms with Gasteiger partial charge in [0, 0.05) is 12.6 Å². The van der Waals surface area contributed by atoms with Crippen molar-refractivity contribution in [3.63, 3.8) is 0 Å². The lowest BCUT2D eigenvalue weighted by atomic mass is 10.2. The third-order valence-corrected chi connectivity index (χ3v) is 3.22. The summed E-state index contributed by atoms with van der Waals surface area (Å²) in [6.07, 6.45) is 3.66. The van der Waals surface area contributed by atoms with Crippen LogP contribution in [0.4, 0.5) is 0 Å². The van der Waals surface area contributed by atoms with Gasteiger partial charge in [-0.15, -0.1) is 0 Å². The average Bonchev–Trinajstić information content (AvgIpc) is 3.01. The van der Waals surface area contributed by atoms with Gasteiger partial charge in [-0.3, -0.25) is 0 Å². The standard InChI is InChI=1S/C10H18N2OS/c1-2-9-7-13-6-5-12(9)10(14)11-8-3-4-8/h8-9H,2-7H2,1H3,(H,11,14).